The van der Waals surface area contributed by atoms with E-state index >= 15 is 0 Å². The Morgan fingerprint density at radius 2 is 1.63 bits per heavy atom. The van der Waals surface area contributed by atoms with E-state index in [-0.39, 0.29) is 6.61 Å². The van der Waals surface area contributed by atoms with E-state index in [9.17, 15) is 4.79 Å². The molecule has 0 bridgehead atoms. The van der Waals surface area contributed by atoms with Crippen molar-refractivity contribution in [3.8, 4) is 28.5 Å². The maximum absolute atomic E-state index is 12.7. The summed E-state index contributed by atoms with van der Waals surface area (Å²) in [6.07, 6.45) is -0.774. The Kier molecular flexibility index (Phi) is 7.51. The van der Waals surface area contributed by atoms with Gasteiger partial charge in [-0.1, -0.05) is 48.5 Å². The minimum absolute atomic E-state index is 0.195. The van der Waals surface area contributed by atoms with Gasteiger partial charge in [-0.3, -0.25) is 0 Å². The lowest BCUT2D eigenvalue weighted by Gasteiger charge is -2.13. The molecule has 0 N–H and O–H groups in total. The second-order valence-corrected chi connectivity index (χ2v) is 9.85. The van der Waals surface area contributed by atoms with Gasteiger partial charge in [-0.25, -0.2) is 4.79 Å². The van der Waals surface area contributed by atoms with E-state index in [1.165, 1.54) is 0 Å². The number of rotatable bonds is 9. The van der Waals surface area contributed by atoms with Crippen molar-refractivity contribution in [3.05, 3.63) is 102 Å². The Morgan fingerprint density at radius 3 is 2.41 bits per heavy atom. The van der Waals surface area contributed by atoms with Crippen molar-refractivity contribution in [1.29, 1.82) is 0 Å². The minimum Gasteiger partial charge on any atom is -0.497 e. The SMILES string of the molecule is CCOC(=O)Oc1c(-c2ccc3nsnc3c2)c2ccc(OCc3ccccc3)cc2n1Cc1ccc(OC)cc1. The number of carbonyl (C=O) groups is 1. The van der Waals surface area contributed by atoms with Crippen molar-refractivity contribution in [2.45, 2.75) is 20.1 Å². The third-order valence-electron chi connectivity index (χ3n) is 6.72. The molecule has 2 aromatic heterocycles. The number of methoxy groups -OCH3 is 1. The van der Waals surface area contributed by atoms with Crippen LogP contribution in [0.25, 0.3) is 33.1 Å². The number of benzene rings is 4. The molecule has 0 amide bonds. The molecule has 8 nitrogen and oxygen atoms in total. The van der Waals surface area contributed by atoms with Crippen LogP contribution in [0.3, 0.4) is 0 Å². The van der Waals surface area contributed by atoms with Gasteiger partial charge in [0.2, 0.25) is 5.88 Å². The van der Waals surface area contributed by atoms with E-state index in [0.29, 0.717) is 24.8 Å². The molecule has 41 heavy (non-hydrogen) atoms. The smallest absolute Gasteiger partial charge is 0.497 e. The molecule has 0 fully saturated rings. The summed E-state index contributed by atoms with van der Waals surface area (Å²) in [7, 11) is 1.64. The highest BCUT2D eigenvalue weighted by Gasteiger charge is 2.24. The zero-order valence-corrected chi connectivity index (χ0v) is 23.4. The largest absolute Gasteiger partial charge is 0.515 e. The van der Waals surface area contributed by atoms with E-state index in [2.05, 4.69) is 8.75 Å². The van der Waals surface area contributed by atoms with Gasteiger partial charge in [0.1, 0.15) is 29.1 Å². The van der Waals surface area contributed by atoms with Crippen molar-refractivity contribution in [2.24, 2.45) is 0 Å². The molecular weight excluding hydrogens is 538 g/mol. The standard InChI is InChI=1S/C32H27N3O5S/c1-3-38-32(36)40-31-30(23-11-16-27-28(17-23)34-41-33-27)26-15-14-25(39-20-22-7-5-4-6-8-22)18-29(26)35(31)19-21-9-12-24(37-2)13-10-21/h4-18H,3,19-20H2,1-2H3. The molecule has 0 radical (unpaired) electrons. The van der Waals surface area contributed by atoms with E-state index < -0.39 is 6.16 Å². The molecule has 206 valence electrons. The molecule has 2 heterocycles. The van der Waals surface area contributed by atoms with Gasteiger partial charge in [-0.15, -0.1) is 0 Å². The van der Waals surface area contributed by atoms with Gasteiger partial charge in [0.15, 0.2) is 0 Å². The van der Waals surface area contributed by atoms with Gasteiger partial charge >= 0.3 is 6.16 Å². The van der Waals surface area contributed by atoms with Crippen LogP contribution < -0.4 is 14.2 Å². The number of fused-ring (bicyclic) bond motifs is 2. The fraction of sp³-hybridized carbons (Fsp3) is 0.156. The number of hydrogen-bond donors (Lipinski definition) is 0. The van der Waals surface area contributed by atoms with Crippen LogP contribution in [0.4, 0.5) is 4.79 Å². The lowest BCUT2D eigenvalue weighted by atomic mass is 10.0. The number of carbonyl (C=O) groups excluding carboxylic acids is 1. The number of nitrogens with zero attached hydrogens (tertiary/aromatic N) is 3. The van der Waals surface area contributed by atoms with Crippen molar-refractivity contribution in [1.82, 2.24) is 13.3 Å². The summed E-state index contributed by atoms with van der Waals surface area (Å²) >= 11 is 1.16. The molecule has 4 aromatic carbocycles. The zero-order chi connectivity index (χ0) is 28.2. The van der Waals surface area contributed by atoms with Crippen molar-refractivity contribution < 1.29 is 23.7 Å². The number of ether oxygens (including phenoxy) is 4. The Morgan fingerprint density at radius 1 is 0.854 bits per heavy atom. The summed E-state index contributed by atoms with van der Waals surface area (Å²) in [6.45, 7) is 2.80. The average Bonchev–Trinajstić information content (AvgIpc) is 3.59. The number of aromatic nitrogens is 3. The first-order valence-corrected chi connectivity index (χ1v) is 13.9. The molecule has 0 aliphatic rings. The quantitative estimate of drug-likeness (QED) is 0.168. The highest BCUT2D eigenvalue weighted by Crippen LogP contribution is 2.43. The maximum atomic E-state index is 12.7. The van der Waals surface area contributed by atoms with Gasteiger partial charge < -0.3 is 23.5 Å². The Bertz CT molecular complexity index is 1810. The van der Waals surface area contributed by atoms with Crippen molar-refractivity contribution in [3.63, 3.8) is 0 Å². The molecule has 6 rings (SSSR count). The fourth-order valence-electron chi connectivity index (χ4n) is 4.76. The van der Waals surface area contributed by atoms with Crippen LogP contribution in [0.5, 0.6) is 17.4 Å². The summed E-state index contributed by atoms with van der Waals surface area (Å²) in [6, 6.07) is 29.6. The Hall–Kier alpha value is -4.89. The van der Waals surface area contributed by atoms with Crippen molar-refractivity contribution in [2.75, 3.05) is 13.7 Å². The third-order valence-corrected chi connectivity index (χ3v) is 7.28. The molecule has 0 atom stereocenters. The van der Waals surface area contributed by atoms with Crippen LogP contribution >= 0.6 is 11.7 Å². The Balaban J connectivity index is 1.51. The van der Waals surface area contributed by atoms with Crippen LogP contribution in [0.15, 0.2) is 91.0 Å². The van der Waals surface area contributed by atoms with Crippen LogP contribution in [0, 0.1) is 0 Å². The summed E-state index contributed by atoms with van der Waals surface area (Å²) in [5.74, 6) is 1.83. The fourth-order valence-corrected chi connectivity index (χ4v) is 5.27. The minimum atomic E-state index is -0.774. The second-order valence-electron chi connectivity index (χ2n) is 9.32. The van der Waals surface area contributed by atoms with Crippen LogP contribution in [-0.4, -0.2) is 33.2 Å². The summed E-state index contributed by atoms with van der Waals surface area (Å²) in [4.78, 5) is 12.7. The number of hydrogen-bond acceptors (Lipinski definition) is 8. The molecule has 0 saturated carbocycles. The predicted molar refractivity (Wildman–Crippen MR) is 159 cm³/mol. The van der Waals surface area contributed by atoms with Gasteiger partial charge in [0, 0.05) is 11.5 Å². The first-order chi connectivity index (χ1) is 20.1. The van der Waals surface area contributed by atoms with Crippen LogP contribution in [0.2, 0.25) is 0 Å². The topological polar surface area (TPSA) is 84.7 Å². The molecule has 0 aliphatic carbocycles. The predicted octanol–water partition coefficient (Wildman–Crippen LogP) is 7.48. The third kappa shape index (κ3) is 5.57. The van der Waals surface area contributed by atoms with E-state index in [1.54, 1.807) is 14.0 Å². The van der Waals surface area contributed by atoms with Crippen LogP contribution in [-0.2, 0) is 17.9 Å². The van der Waals surface area contributed by atoms with Gasteiger partial charge in [-0.05, 0) is 60.0 Å². The monoisotopic (exact) mass is 565 g/mol. The van der Waals surface area contributed by atoms with Gasteiger partial charge in [0.25, 0.3) is 0 Å². The highest BCUT2D eigenvalue weighted by atomic mass is 32.1. The molecule has 6 aromatic rings. The molecule has 0 unspecified atom stereocenters. The molecule has 0 saturated heterocycles. The van der Waals surface area contributed by atoms with E-state index in [1.807, 2.05) is 95.6 Å². The van der Waals surface area contributed by atoms with Gasteiger partial charge in [-0.2, -0.15) is 8.75 Å². The molecular formula is C32H27N3O5S. The zero-order valence-electron chi connectivity index (χ0n) is 22.6. The summed E-state index contributed by atoms with van der Waals surface area (Å²) < 4.78 is 33.4. The first-order valence-electron chi connectivity index (χ1n) is 13.2. The lowest BCUT2D eigenvalue weighted by Crippen LogP contribution is -2.14. The highest BCUT2D eigenvalue weighted by molar-refractivity contribution is 7.00. The summed E-state index contributed by atoms with van der Waals surface area (Å²) in [5.41, 5.74) is 6.10. The summed E-state index contributed by atoms with van der Waals surface area (Å²) in [5, 5.41) is 0.896. The second kappa shape index (κ2) is 11.7. The average molecular weight is 566 g/mol. The molecule has 9 heteroatoms. The maximum Gasteiger partial charge on any atom is 0.515 e. The lowest BCUT2D eigenvalue weighted by molar-refractivity contribution is 0.101. The molecule has 0 aliphatic heterocycles. The normalized spacial score (nSPS) is 11.1. The Labute approximate surface area is 241 Å². The van der Waals surface area contributed by atoms with E-state index in [4.69, 9.17) is 18.9 Å². The van der Waals surface area contributed by atoms with E-state index in [0.717, 1.165) is 61.7 Å². The molecule has 0 spiro atoms. The van der Waals surface area contributed by atoms with Gasteiger partial charge in [0.05, 0.1) is 43.1 Å². The van der Waals surface area contributed by atoms with Crippen molar-refractivity contribution >= 4 is 39.8 Å². The van der Waals surface area contributed by atoms with Crippen LogP contribution in [0.1, 0.15) is 18.1 Å². The first kappa shape index (κ1) is 26.3.